The maximum Gasteiger partial charge on any atom is 0.261 e. The molecule has 0 atom stereocenters. The lowest BCUT2D eigenvalue weighted by Crippen LogP contribution is -2.18. The fourth-order valence-corrected chi connectivity index (χ4v) is 12.3. The number of aryl methyl sites for hydroxylation is 2. The van der Waals surface area contributed by atoms with Crippen LogP contribution in [0.4, 0.5) is 11.4 Å². The van der Waals surface area contributed by atoms with Crippen LogP contribution in [0.1, 0.15) is 33.9 Å². The average molecular weight is 1060 g/mol. The molecule has 0 amide bonds. The third-order valence-electron chi connectivity index (χ3n) is 14.0. The number of nitrogens with one attached hydrogen (secondary N) is 4. The molecule has 0 saturated heterocycles. The molecule has 14 heteroatoms. The summed E-state index contributed by atoms with van der Waals surface area (Å²) >= 11 is 0. The van der Waals surface area contributed by atoms with Crippen LogP contribution < -0.4 is 9.44 Å². The van der Waals surface area contributed by atoms with E-state index in [9.17, 15) is 16.8 Å². The van der Waals surface area contributed by atoms with E-state index in [4.69, 9.17) is 19.9 Å². The normalized spacial score (nSPS) is 12.3. The van der Waals surface area contributed by atoms with E-state index in [0.717, 1.165) is 78.1 Å². The number of H-pyrrole nitrogens is 2. The Kier molecular flexibility index (Phi) is 11.7. The smallest absolute Gasteiger partial charge is 0.261 e. The van der Waals surface area contributed by atoms with E-state index in [2.05, 4.69) is 55.8 Å². The Morgan fingerprint density at radius 1 is 0.359 bits per heavy atom. The number of aromatic nitrogens is 6. The molecular weight excluding hydrogens is 1010 g/mol. The molecule has 7 aromatic carbocycles. The van der Waals surface area contributed by atoms with Crippen LogP contribution in [0.5, 0.6) is 0 Å². The first-order chi connectivity index (χ1) is 37.9. The summed E-state index contributed by atoms with van der Waals surface area (Å²) in [5, 5.41) is 0. The molecule has 0 fully saturated rings. The second-order valence-electron chi connectivity index (χ2n) is 19.2. The van der Waals surface area contributed by atoms with Gasteiger partial charge in [0.15, 0.2) is 0 Å². The van der Waals surface area contributed by atoms with E-state index in [0.29, 0.717) is 33.5 Å². The highest BCUT2D eigenvalue weighted by Crippen LogP contribution is 2.42. The van der Waals surface area contributed by atoms with E-state index in [1.165, 1.54) is 36.4 Å². The predicted octanol–water partition coefficient (Wildman–Crippen LogP) is 14.6. The van der Waals surface area contributed by atoms with Crippen molar-refractivity contribution in [3.05, 3.63) is 228 Å². The number of nitrogens with zero attached hydrogens (tertiary/aromatic N) is 4. The highest BCUT2D eigenvalue weighted by molar-refractivity contribution is 7.93. The summed E-state index contributed by atoms with van der Waals surface area (Å²) in [4.78, 5) is 29.5. The zero-order valence-corrected chi connectivity index (χ0v) is 43.7. The van der Waals surface area contributed by atoms with E-state index < -0.39 is 20.0 Å². The van der Waals surface area contributed by atoms with Crippen LogP contribution in [-0.4, -0.2) is 46.7 Å². The van der Waals surface area contributed by atoms with Gasteiger partial charge in [0.2, 0.25) is 0 Å². The minimum Gasteiger partial charge on any atom is -0.354 e. The third-order valence-corrected chi connectivity index (χ3v) is 16.7. The predicted molar refractivity (Wildman–Crippen MR) is 315 cm³/mol. The molecule has 0 aliphatic carbocycles. The van der Waals surface area contributed by atoms with Crippen molar-refractivity contribution in [1.29, 1.82) is 0 Å². The van der Waals surface area contributed by atoms with Crippen LogP contribution in [0, 0.1) is 13.8 Å². The maximum atomic E-state index is 14.3. The summed E-state index contributed by atoms with van der Waals surface area (Å²) in [5.74, 6) is 0. The Bertz CT molecular complexity index is 4390. The van der Waals surface area contributed by atoms with Crippen molar-refractivity contribution in [2.24, 2.45) is 0 Å². The van der Waals surface area contributed by atoms with Gasteiger partial charge in [-0.25, -0.2) is 36.8 Å². The summed E-state index contributed by atoms with van der Waals surface area (Å²) in [6.07, 6.45) is 8.10. The molecular formula is C64H46N8O4S2. The van der Waals surface area contributed by atoms with Gasteiger partial charge in [-0.3, -0.25) is 9.44 Å². The summed E-state index contributed by atoms with van der Waals surface area (Å²) in [7, 11) is -8.55. The van der Waals surface area contributed by atoms with Crippen LogP contribution in [0.15, 0.2) is 204 Å². The molecule has 78 heavy (non-hydrogen) atoms. The number of aromatic amines is 2. The topological polar surface area (TPSA) is 175 Å². The molecule has 11 aromatic rings. The van der Waals surface area contributed by atoms with Gasteiger partial charge in [0.05, 0.1) is 66.0 Å². The molecule has 8 bridgehead atoms. The molecule has 6 heterocycles. The highest BCUT2D eigenvalue weighted by atomic mass is 32.2. The number of fused-ring (bicyclic) bond motifs is 12. The Hall–Kier alpha value is -9.76. The van der Waals surface area contributed by atoms with Crippen molar-refractivity contribution < 1.29 is 16.8 Å². The highest BCUT2D eigenvalue weighted by Gasteiger charge is 2.26. The zero-order chi connectivity index (χ0) is 53.1. The quantitative estimate of drug-likeness (QED) is 0.105. The van der Waals surface area contributed by atoms with E-state index in [1.54, 1.807) is 24.3 Å². The first-order valence-electron chi connectivity index (χ1n) is 25.2. The fourth-order valence-electron chi connectivity index (χ4n) is 10.2. The molecule has 0 radical (unpaired) electrons. The molecule has 4 aromatic heterocycles. The lowest BCUT2D eigenvalue weighted by Gasteiger charge is -2.16. The molecule has 2 aliphatic heterocycles. The first-order valence-corrected chi connectivity index (χ1v) is 28.2. The fraction of sp³-hybridized carbons (Fsp3) is 0.0312. The van der Waals surface area contributed by atoms with Gasteiger partial charge in [0.1, 0.15) is 11.0 Å². The standard InChI is InChI=1S/C64H46N8O4S2/c1-39-23-27-45(28-24-39)77(73,74)71-55-37-53-54(38-56(55)72-78(75,76)46-29-25-40(2)26-30-46)69-64-62-60(44-21-13-6-14-22-44)52-36-34-50(67-52)58(42-17-9-4-10-18-42)48-32-31-47(65-48)57(41-15-7-3-8-16-41)49-33-35-51(66-49)59(43-19-11-5-12-20-43)61(70-62)63(64)68-53/h3-38,65,70-72H,1-2H3. The molecule has 0 spiro atoms. The average Bonchev–Trinajstić information content (AvgIpc) is 4.47. The summed E-state index contributed by atoms with van der Waals surface area (Å²) in [6.45, 7) is 3.73. The Morgan fingerprint density at radius 2 is 0.679 bits per heavy atom. The Balaban J connectivity index is 1.19. The maximum absolute atomic E-state index is 14.3. The van der Waals surface area contributed by atoms with Gasteiger partial charge in [-0.15, -0.1) is 0 Å². The van der Waals surface area contributed by atoms with Crippen molar-refractivity contribution in [1.82, 2.24) is 29.9 Å². The van der Waals surface area contributed by atoms with Gasteiger partial charge in [0.25, 0.3) is 20.0 Å². The second kappa shape index (κ2) is 19.1. The Labute approximate surface area is 449 Å². The molecule has 4 N–H and O–H groups in total. The second-order valence-corrected chi connectivity index (χ2v) is 22.6. The van der Waals surface area contributed by atoms with Crippen LogP contribution in [0.3, 0.4) is 0 Å². The number of hydrogen-bond donors (Lipinski definition) is 4. The minimum atomic E-state index is -4.28. The summed E-state index contributed by atoms with van der Waals surface area (Å²) < 4.78 is 62.4. The van der Waals surface area contributed by atoms with Gasteiger partial charge in [-0.05, 0) is 109 Å². The number of rotatable bonds is 10. The molecule has 13 rings (SSSR count). The SMILES string of the molecule is Cc1ccc(S(=O)(=O)Nc2cc3nc4c5[nH]c(c(-c6ccccc6)c6nc(c(-c7ccccc7)c7ccc([nH]7)c(-c7ccccc7)c7nc(c5-c5ccccc5)C=C7)C=C6)c4nc3cc2NS(=O)(=O)c2ccc(C)cc2)cc1. The van der Waals surface area contributed by atoms with Crippen molar-refractivity contribution in [3.8, 4) is 44.5 Å². The molecule has 0 saturated carbocycles. The van der Waals surface area contributed by atoms with E-state index in [1.807, 2.05) is 135 Å². The van der Waals surface area contributed by atoms with Gasteiger partial charge < -0.3 is 9.97 Å². The van der Waals surface area contributed by atoms with Crippen molar-refractivity contribution in [2.45, 2.75) is 23.6 Å². The number of anilines is 2. The van der Waals surface area contributed by atoms with Crippen molar-refractivity contribution in [2.75, 3.05) is 9.44 Å². The van der Waals surface area contributed by atoms with Crippen LogP contribution in [0.2, 0.25) is 0 Å². The number of benzene rings is 7. The van der Waals surface area contributed by atoms with Gasteiger partial charge >= 0.3 is 0 Å². The molecule has 12 nitrogen and oxygen atoms in total. The lowest BCUT2D eigenvalue weighted by molar-refractivity contribution is 0.599. The van der Waals surface area contributed by atoms with Crippen LogP contribution in [0.25, 0.3) is 113 Å². The van der Waals surface area contributed by atoms with Gasteiger partial charge in [-0.1, -0.05) is 157 Å². The summed E-state index contributed by atoms with van der Waals surface area (Å²) in [5.41, 5.74) is 15.6. The first kappa shape index (κ1) is 47.9. The van der Waals surface area contributed by atoms with Gasteiger partial charge in [-0.2, -0.15) is 0 Å². The lowest BCUT2D eigenvalue weighted by atomic mass is 10.0. The number of hydrogen-bond acceptors (Lipinski definition) is 8. The zero-order valence-electron chi connectivity index (χ0n) is 42.0. The van der Waals surface area contributed by atoms with Crippen LogP contribution in [-0.2, 0) is 20.0 Å². The van der Waals surface area contributed by atoms with E-state index >= 15 is 0 Å². The van der Waals surface area contributed by atoms with Crippen LogP contribution >= 0.6 is 0 Å². The number of sulfonamides is 2. The third kappa shape index (κ3) is 8.78. The van der Waals surface area contributed by atoms with Crippen molar-refractivity contribution in [3.63, 3.8) is 0 Å². The van der Waals surface area contributed by atoms with Gasteiger partial charge in [0, 0.05) is 33.3 Å². The Morgan fingerprint density at radius 3 is 1.03 bits per heavy atom. The largest absolute Gasteiger partial charge is 0.354 e. The van der Waals surface area contributed by atoms with E-state index in [-0.39, 0.29) is 32.2 Å². The molecule has 0 unspecified atom stereocenters. The minimum absolute atomic E-state index is 0.00953. The molecule has 378 valence electrons. The molecule has 2 aliphatic rings. The summed E-state index contributed by atoms with van der Waals surface area (Å²) in [6, 6.07) is 60.4. The monoisotopic (exact) mass is 1050 g/mol. The van der Waals surface area contributed by atoms with Crippen molar-refractivity contribution >= 4 is 99.9 Å².